The van der Waals surface area contributed by atoms with Gasteiger partial charge in [-0.1, -0.05) is 170 Å². The van der Waals surface area contributed by atoms with Crippen molar-refractivity contribution >= 4 is 81.3 Å². The molecular weight excluding hydrogens is 759 g/mol. The fourth-order valence-corrected chi connectivity index (χ4v) is 10.4. The Balaban J connectivity index is 1.04. The lowest BCUT2D eigenvalue weighted by Gasteiger charge is -2.30. The van der Waals surface area contributed by atoms with Gasteiger partial charge in [-0.2, -0.15) is 0 Å². The Morgan fingerprint density at radius 2 is 0.852 bits per heavy atom. The summed E-state index contributed by atoms with van der Waals surface area (Å²) in [7, 11) is 0. The predicted molar refractivity (Wildman–Crippen MR) is 261 cm³/mol. The molecule has 3 heteroatoms. The standard InChI is InChI=1S/C58H37NOS/c1-2-16-43-39(14-1)15-13-23-45(43)46-18-3-4-19-47(46)48-20-6-10-25-54(48)59(42-32-28-38(29-33-42)40-30-35-52-51-22-8-12-27-57(51)61-58(52)37-40)53-24-9-5-17-44(53)41-31-34-50-49-21-7-11-26-55(49)60-56(50)36-41/h1-37H. The van der Waals surface area contributed by atoms with Crippen molar-refractivity contribution in [2.24, 2.45) is 0 Å². The fraction of sp³-hybridized carbons (Fsp3) is 0. The molecule has 10 aromatic carbocycles. The SMILES string of the molecule is c1ccc(-c2cccc3ccccc23)c(-c2ccccc2N(c2ccc(-c3ccc4c(c3)sc3ccccc34)cc2)c2ccccc2-c2ccc3c(c2)oc2ccccc23)c1. The Kier molecular flexibility index (Phi) is 8.39. The highest BCUT2D eigenvalue weighted by molar-refractivity contribution is 7.25. The van der Waals surface area contributed by atoms with Crippen LogP contribution in [0.2, 0.25) is 0 Å². The maximum absolute atomic E-state index is 6.43. The zero-order valence-corrected chi connectivity index (χ0v) is 33.9. The third kappa shape index (κ3) is 6.01. The normalized spacial score (nSPS) is 11.6. The van der Waals surface area contributed by atoms with Gasteiger partial charge < -0.3 is 9.32 Å². The summed E-state index contributed by atoms with van der Waals surface area (Å²) in [5.74, 6) is 0. The third-order valence-corrected chi connectivity index (χ3v) is 13.2. The molecule has 0 N–H and O–H groups in total. The lowest BCUT2D eigenvalue weighted by Crippen LogP contribution is -2.12. The zero-order chi connectivity index (χ0) is 40.3. The summed E-state index contributed by atoms with van der Waals surface area (Å²) in [5, 5.41) is 7.34. The van der Waals surface area contributed by atoms with Crippen LogP contribution in [0, 0.1) is 0 Å². The molecule has 0 unspecified atom stereocenters. The van der Waals surface area contributed by atoms with Crippen molar-refractivity contribution in [3.63, 3.8) is 0 Å². The number of furan rings is 1. The molecule has 0 amide bonds. The van der Waals surface area contributed by atoms with Crippen LogP contribution in [0.5, 0.6) is 0 Å². The molecule has 0 saturated heterocycles. The minimum atomic E-state index is 0.879. The summed E-state index contributed by atoms with van der Waals surface area (Å²) in [4.78, 5) is 2.44. The first-order valence-electron chi connectivity index (χ1n) is 20.7. The van der Waals surface area contributed by atoms with Crippen LogP contribution in [0.1, 0.15) is 0 Å². The average molecular weight is 796 g/mol. The van der Waals surface area contributed by atoms with Crippen molar-refractivity contribution in [3.8, 4) is 44.5 Å². The molecular formula is C58H37NOS. The second kappa shape index (κ2) is 14.5. The molecule has 0 spiro atoms. The van der Waals surface area contributed by atoms with Gasteiger partial charge in [-0.25, -0.2) is 0 Å². The second-order valence-corrected chi connectivity index (χ2v) is 16.7. The number of rotatable bonds is 7. The van der Waals surface area contributed by atoms with E-state index in [0.29, 0.717) is 0 Å². The summed E-state index contributed by atoms with van der Waals surface area (Å²) < 4.78 is 9.06. The summed E-state index contributed by atoms with van der Waals surface area (Å²) >= 11 is 1.86. The summed E-state index contributed by atoms with van der Waals surface area (Å²) in [6.07, 6.45) is 0. The summed E-state index contributed by atoms with van der Waals surface area (Å²) in [5.41, 5.74) is 14.3. The van der Waals surface area contributed by atoms with Crippen molar-refractivity contribution in [3.05, 3.63) is 224 Å². The van der Waals surface area contributed by atoms with Crippen LogP contribution in [0.25, 0.3) is 97.4 Å². The first kappa shape index (κ1) is 35.2. The van der Waals surface area contributed by atoms with E-state index in [-0.39, 0.29) is 0 Å². The van der Waals surface area contributed by atoms with Crippen LogP contribution in [0.15, 0.2) is 229 Å². The van der Waals surface area contributed by atoms with Crippen LogP contribution in [-0.4, -0.2) is 0 Å². The molecule has 0 radical (unpaired) electrons. The van der Waals surface area contributed by atoms with E-state index < -0.39 is 0 Å². The summed E-state index contributed by atoms with van der Waals surface area (Å²) in [6, 6.07) is 81.3. The molecule has 0 atom stereocenters. The van der Waals surface area contributed by atoms with Gasteiger partial charge in [0.05, 0.1) is 11.4 Å². The minimum absolute atomic E-state index is 0.879. The van der Waals surface area contributed by atoms with Gasteiger partial charge in [0.1, 0.15) is 11.2 Å². The smallest absolute Gasteiger partial charge is 0.136 e. The third-order valence-electron chi connectivity index (χ3n) is 12.1. The first-order chi connectivity index (χ1) is 30.2. The molecule has 0 fully saturated rings. The Labute approximate surface area is 357 Å². The molecule has 2 aromatic heterocycles. The number of hydrogen-bond acceptors (Lipinski definition) is 3. The van der Waals surface area contributed by atoms with Gasteiger partial charge in [-0.3, -0.25) is 0 Å². The monoisotopic (exact) mass is 795 g/mol. The van der Waals surface area contributed by atoms with E-state index in [9.17, 15) is 0 Å². The molecule has 0 aliphatic rings. The molecule has 286 valence electrons. The maximum atomic E-state index is 6.43. The van der Waals surface area contributed by atoms with E-state index >= 15 is 0 Å². The summed E-state index contributed by atoms with van der Waals surface area (Å²) in [6.45, 7) is 0. The molecule has 0 saturated carbocycles. The van der Waals surface area contributed by atoms with Crippen LogP contribution >= 0.6 is 11.3 Å². The zero-order valence-electron chi connectivity index (χ0n) is 33.1. The van der Waals surface area contributed by atoms with E-state index in [4.69, 9.17) is 4.42 Å². The number of fused-ring (bicyclic) bond motifs is 7. The van der Waals surface area contributed by atoms with Gasteiger partial charge in [-0.05, 0) is 98.8 Å². The molecule has 61 heavy (non-hydrogen) atoms. The van der Waals surface area contributed by atoms with E-state index in [0.717, 1.165) is 55.7 Å². The van der Waals surface area contributed by atoms with Gasteiger partial charge in [0, 0.05) is 47.8 Å². The van der Waals surface area contributed by atoms with Crippen molar-refractivity contribution in [1.29, 1.82) is 0 Å². The molecule has 0 aliphatic carbocycles. The van der Waals surface area contributed by atoms with Crippen molar-refractivity contribution in [2.45, 2.75) is 0 Å². The molecule has 2 nitrogen and oxygen atoms in total. The number of hydrogen-bond donors (Lipinski definition) is 0. The lowest BCUT2D eigenvalue weighted by molar-refractivity contribution is 0.669. The number of anilines is 3. The molecule has 12 rings (SSSR count). The highest BCUT2D eigenvalue weighted by Gasteiger charge is 2.23. The van der Waals surface area contributed by atoms with Crippen molar-refractivity contribution in [1.82, 2.24) is 0 Å². The minimum Gasteiger partial charge on any atom is -0.456 e. The fourth-order valence-electron chi connectivity index (χ4n) is 9.23. The van der Waals surface area contributed by atoms with E-state index in [1.807, 2.05) is 23.5 Å². The molecule has 0 aliphatic heterocycles. The van der Waals surface area contributed by atoms with Gasteiger partial charge in [0.25, 0.3) is 0 Å². The van der Waals surface area contributed by atoms with Crippen LogP contribution in [-0.2, 0) is 0 Å². The van der Waals surface area contributed by atoms with Crippen LogP contribution < -0.4 is 4.90 Å². The largest absolute Gasteiger partial charge is 0.456 e. The number of thiophene rings is 1. The Hall–Kier alpha value is -7.72. The topological polar surface area (TPSA) is 16.4 Å². The Morgan fingerprint density at radius 1 is 0.311 bits per heavy atom. The average Bonchev–Trinajstić information content (AvgIpc) is 3.90. The molecule has 2 heterocycles. The van der Waals surface area contributed by atoms with Crippen LogP contribution in [0.4, 0.5) is 17.1 Å². The lowest BCUT2D eigenvalue weighted by atomic mass is 9.90. The maximum Gasteiger partial charge on any atom is 0.136 e. The highest BCUT2D eigenvalue weighted by Crippen LogP contribution is 2.48. The quantitative estimate of drug-likeness (QED) is 0.160. The van der Waals surface area contributed by atoms with Gasteiger partial charge >= 0.3 is 0 Å². The number of para-hydroxylation sites is 3. The van der Waals surface area contributed by atoms with Gasteiger partial charge in [-0.15, -0.1) is 11.3 Å². The van der Waals surface area contributed by atoms with Crippen LogP contribution in [0.3, 0.4) is 0 Å². The highest BCUT2D eigenvalue weighted by atomic mass is 32.1. The molecule has 12 aromatic rings. The number of nitrogens with zero attached hydrogens (tertiary/aromatic N) is 1. The van der Waals surface area contributed by atoms with E-state index in [1.165, 1.54) is 58.8 Å². The van der Waals surface area contributed by atoms with E-state index in [2.05, 4.69) is 217 Å². The van der Waals surface area contributed by atoms with Gasteiger partial charge in [0.15, 0.2) is 0 Å². The molecule has 0 bridgehead atoms. The predicted octanol–water partition coefficient (Wildman–Crippen LogP) is 17.2. The number of benzene rings is 10. The van der Waals surface area contributed by atoms with E-state index in [1.54, 1.807) is 0 Å². The Bertz CT molecular complexity index is 3610. The van der Waals surface area contributed by atoms with Crippen molar-refractivity contribution in [2.75, 3.05) is 4.90 Å². The van der Waals surface area contributed by atoms with Gasteiger partial charge in [0.2, 0.25) is 0 Å². The second-order valence-electron chi connectivity index (χ2n) is 15.6. The Morgan fingerprint density at radius 3 is 1.69 bits per heavy atom. The first-order valence-corrected chi connectivity index (χ1v) is 21.6. The van der Waals surface area contributed by atoms with Crippen molar-refractivity contribution < 1.29 is 4.42 Å².